The number of anilines is 1. The molecule has 1 amide bonds. The Morgan fingerprint density at radius 1 is 1.18 bits per heavy atom. The summed E-state index contributed by atoms with van der Waals surface area (Å²) in [5.41, 5.74) is 9.58. The zero-order valence-electron chi connectivity index (χ0n) is 16.5. The zero-order valence-corrected chi connectivity index (χ0v) is 16.5. The molecular formula is C20H30N4O4. The van der Waals surface area contributed by atoms with Crippen molar-refractivity contribution in [2.45, 2.75) is 58.0 Å². The van der Waals surface area contributed by atoms with Gasteiger partial charge in [-0.1, -0.05) is 19.1 Å². The standard InChI is InChI=1S/C20H30N4O4/c1-3-17(25)24(4-2)15-9-5-13(6-10-15)14-7-11-16(12-8-14)28-19(21)18(23-22)20(26)27/h5-6,9-10,14,16,23H,3-4,7-8,11-12,21-22H2,1-2H3,(H,26,27)/b19-18+. The second-order valence-electron chi connectivity index (χ2n) is 6.86. The number of ether oxygens (including phenoxy) is 1. The van der Waals surface area contributed by atoms with Crippen LogP contribution in [0, 0.1) is 0 Å². The van der Waals surface area contributed by atoms with Gasteiger partial charge in [0.15, 0.2) is 5.70 Å². The Morgan fingerprint density at radius 3 is 2.25 bits per heavy atom. The highest BCUT2D eigenvalue weighted by atomic mass is 16.5. The van der Waals surface area contributed by atoms with E-state index in [2.05, 4.69) is 17.6 Å². The maximum atomic E-state index is 12.0. The lowest BCUT2D eigenvalue weighted by molar-refractivity contribution is -0.133. The minimum Gasteiger partial charge on any atom is -0.476 e. The quantitative estimate of drug-likeness (QED) is 0.231. The molecule has 8 heteroatoms. The van der Waals surface area contributed by atoms with Crippen LogP contribution in [-0.4, -0.2) is 29.6 Å². The molecule has 0 radical (unpaired) electrons. The number of benzene rings is 1. The van der Waals surface area contributed by atoms with Crippen LogP contribution in [-0.2, 0) is 14.3 Å². The Morgan fingerprint density at radius 2 is 1.79 bits per heavy atom. The van der Waals surface area contributed by atoms with Gasteiger partial charge in [0.05, 0.1) is 0 Å². The number of hydrogen-bond donors (Lipinski definition) is 4. The molecule has 1 fully saturated rings. The van der Waals surface area contributed by atoms with Crippen molar-refractivity contribution in [3.05, 3.63) is 41.4 Å². The van der Waals surface area contributed by atoms with E-state index in [1.807, 2.05) is 26.0 Å². The molecule has 2 rings (SSSR count). The molecule has 1 aromatic rings. The molecular weight excluding hydrogens is 360 g/mol. The van der Waals surface area contributed by atoms with Gasteiger partial charge < -0.3 is 25.9 Å². The lowest BCUT2D eigenvalue weighted by atomic mass is 9.82. The maximum Gasteiger partial charge on any atom is 0.358 e. The van der Waals surface area contributed by atoms with Gasteiger partial charge in [-0.05, 0) is 56.2 Å². The van der Waals surface area contributed by atoms with Crippen molar-refractivity contribution >= 4 is 17.6 Å². The van der Waals surface area contributed by atoms with E-state index in [1.54, 1.807) is 4.90 Å². The number of nitrogens with zero attached hydrogens (tertiary/aromatic N) is 1. The van der Waals surface area contributed by atoms with E-state index < -0.39 is 5.97 Å². The average molecular weight is 390 g/mol. The van der Waals surface area contributed by atoms with E-state index in [-0.39, 0.29) is 23.6 Å². The minimum atomic E-state index is -1.25. The molecule has 0 aliphatic heterocycles. The predicted molar refractivity (Wildman–Crippen MR) is 107 cm³/mol. The van der Waals surface area contributed by atoms with Gasteiger partial charge in [0.2, 0.25) is 11.8 Å². The van der Waals surface area contributed by atoms with Gasteiger partial charge in [-0.15, -0.1) is 0 Å². The summed E-state index contributed by atoms with van der Waals surface area (Å²) in [5, 5.41) is 9.01. The van der Waals surface area contributed by atoms with Crippen LogP contribution in [0.3, 0.4) is 0 Å². The summed E-state index contributed by atoms with van der Waals surface area (Å²) in [6.07, 6.45) is 3.75. The van der Waals surface area contributed by atoms with Crippen LogP contribution < -0.4 is 21.9 Å². The molecule has 0 unspecified atom stereocenters. The molecule has 1 aliphatic carbocycles. The molecule has 154 valence electrons. The van der Waals surface area contributed by atoms with Crippen LogP contribution in [0.4, 0.5) is 5.69 Å². The van der Waals surface area contributed by atoms with E-state index in [1.165, 1.54) is 5.56 Å². The van der Waals surface area contributed by atoms with Crippen LogP contribution in [0.5, 0.6) is 0 Å². The summed E-state index contributed by atoms with van der Waals surface area (Å²) >= 11 is 0. The first kappa shape index (κ1) is 21.6. The van der Waals surface area contributed by atoms with Crippen LogP contribution in [0.1, 0.15) is 57.4 Å². The van der Waals surface area contributed by atoms with Crippen molar-refractivity contribution in [3.8, 4) is 0 Å². The van der Waals surface area contributed by atoms with E-state index in [0.717, 1.165) is 31.4 Å². The fourth-order valence-corrected chi connectivity index (χ4v) is 3.61. The Bertz CT molecular complexity index is 709. The zero-order chi connectivity index (χ0) is 20.7. The van der Waals surface area contributed by atoms with Gasteiger partial charge in [0.25, 0.3) is 0 Å². The summed E-state index contributed by atoms with van der Waals surface area (Å²) in [6, 6.07) is 8.17. The Hall–Kier alpha value is -2.74. The highest BCUT2D eigenvalue weighted by molar-refractivity contribution is 5.93. The lowest BCUT2D eigenvalue weighted by Crippen LogP contribution is -2.32. The minimum absolute atomic E-state index is 0.117. The SMILES string of the molecule is CCC(=O)N(CC)c1ccc(C2CCC(O/C(N)=C(/NN)C(=O)O)CC2)cc1. The van der Waals surface area contributed by atoms with Crippen molar-refractivity contribution in [3.63, 3.8) is 0 Å². The van der Waals surface area contributed by atoms with Crippen LogP contribution in [0.2, 0.25) is 0 Å². The Balaban J connectivity index is 1.96. The first-order valence-corrected chi connectivity index (χ1v) is 9.67. The molecule has 6 N–H and O–H groups in total. The number of carboxylic acids is 1. The molecule has 1 aromatic carbocycles. The number of nitrogens with two attached hydrogens (primary N) is 2. The lowest BCUT2D eigenvalue weighted by Gasteiger charge is -2.30. The summed E-state index contributed by atoms with van der Waals surface area (Å²) in [7, 11) is 0. The average Bonchev–Trinajstić information content (AvgIpc) is 2.69. The third-order valence-electron chi connectivity index (χ3n) is 5.17. The van der Waals surface area contributed by atoms with Crippen molar-refractivity contribution in [1.82, 2.24) is 5.43 Å². The number of hydrogen-bond acceptors (Lipinski definition) is 6. The van der Waals surface area contributed by atoms with Crippen molar-refractivity contribution in [2.75, 3.05) is 11.4 Å². The maximum absolute atomic E-state index is 12.0. The molecule has 0 saturated heterocycles. The van der Waals surface area contributed by atoms with Gasteiger partial charge in [-0.3, -0.25) is 10.6 Å². The number of carbonyl (C=O) groups is 2. The number of carboxylic acid groups (broad SMARTS) is 1. The normalized spacial score (nSPS) is 20.1. The van der Waals surface area contributed by atoms with Gasteiger partial charge in [0, 0.05) is 18.7 Å². The fraction of sp³-hybridized carbons (Fsp3) is 0.500. The number of rotatable bonds is 8. The molecule has 0 heterocycles. The molecule has 0 bridgehead atoms. The number of aliphatic carboxylic acids is 1. The number of hydrazine groups is 1. The number of nitrogens with one attached hydrogen (secondary N) is 1. The van der Waals surface area contributed by atoms with Crippen LogP contribution in [0.25, 0.3) is 0 Å². The van der Waals surface area contributed by atoms with Gasteiger partial charge in [-0.2, -0.15) is 0 Å². The molecule has 28 heavy (non-hydrogen) atoms. The Kier molecular flexibility index (Phi) is 7.69. The molecule has 1 aliphatic rings. The molecule has 0 spiro atoms. The summed E-state index contributed by atoms with van der Waals surface area (Å²) in [6.45, 7) is 4.49. The highest BCUT2D eigenvalue weighted by Gasteiger charge is 2.25. The van der Waals surface area contributed by atoms with Gasteiger partial charge in [-0.25, -0.2) is 4.79 Å². The van der Waals surface area contributed by atoms with E-state index in [9.17, 15) is 9.59 Å². The molecule has 0 aromatic heterocycles. The number of amides is 1. The fourth-order valence-electron chi connectivity index (χ4n) is 3.61. The van der Waals surface area contributed by atoms with Gasteiger partial charge in [0.1, 0.15) is 6.10 Å². The second kappa shape index (κ2) is 9.98. The Labute approximate surface area is 165 Å². The first-order valence-electron chi connectivity index (χ1n) is 9.67. The highest BCUT2D eigenvalue weighted by Crippen LogP contribution is 2.35. The molecule has 1 saturated carbocycles. The topological polar surface area (TPSA) is 131 Å². The van der Waals surface area contributed by atoms with E-state index >= 15 is 0 Å². The summed E-state index contributed by atoms with van der Waals surface area (Å²) in [4.78, 5) is 24.8. The summed E-state index contributed by atoms with van der Waals surface area (Å²) < 4.78 is 5.58. The van der Waals surface area contributed by atoms with Crippen LogP contribution >= 0.6 is 0 Å². The van der Waals surface area contributed by atoms with Crippen molar-refractivity contribution in [1.29, 1.82) is 0 Å². The largest absolute Gasteiger partial charge is 0.476 e. The predicted octanol–water partition coefficient (Wildman–Crippen LogP) is 2.17. The third kappa shape index (κ3) is 5.16. The van der Waals surface area contributed by atoms with Gasteiger partial charge >= 0.3 is 5.97 Å². The number of carbonyl (C=O) groups excluding carboxylic acids is 1. The third-order valence-corrected chi connectivity index (χ3v) is 5.17. The summed E-state index contributed by atoms with van der Waals surface area (Å²) in [5.74, 6) is 4.25. The smallest absolute Gasteiger partial charge is 0.358 e. The van der Waals surface area contributed by atoms with Crippen LogP contribution in [0.15, 0.2) is 35.8 Å². The second-order valence-corrected chi connectivity index (χ2v) is 6.86. The van der Waals surface area contributed by atoms with Crippen molar-refractivity contribution in [2.24, 2.45) is 11.6 Å². The van der Waals surface area contributed by atoms with E-state index in [4.69, 9.17) is 21.4 Å². The monoisotopic (exact) mass is 390 g/mol. The van der Waals surface area contributed by atoms with E-state index in [0.29, 0.717) is 18.9 Å². The van der Waals surface area contributed by atoms with Crippen molar-refractivity contribution < 1.29 is 19.4 Å². The molecule has 8 nitrogen and oxygen atoms in total. The first-order chi connectivity index (χ1) is 13.4. The molecule has 0 atom stereocenters.